The predicted octanol–water partition coefficient (Wildman–Crippen LogP) is 7.29. The van der Waals surface area contributed by atoms with Gasteiger partial charge in [-0.25, -0.2) is 9.59 Å². The minimum absolute atomic E-state index is 0.0434. The molecule has 1 aliphatic heterocycles. The first-order chi connectivity index (χ1) is 25.1. The highest BCUT2D eigenvalue weighted by Gasteiger charge is 2.62. The normalized spacial score (nSPS) is 17.8. The van der Waals surface area contributed by atoms with E-state index in [9.17, 15) is 24.3 Å². The summed E-state index contributed by atoms with van der Waals surface area (Å²) in [7, 11) is -2.88. The molecule has 4 atom stereocenters. The molecule has 53 heavy (non-hydrogen) atoms. The molecule has 284 valence electrons. The number of aliphatic hydroxyl groups is 1. The smallest absolute Gasteiger partial charge is 0.459 e. The Labute approximate surface area is 329 Å². The second-order valence-corrected chi connectivity index (χ2v) is 22.1. The average Bonchev–Trinajstić information content (AvgIpc) is 3.13. The minimum Gasteiger partial charge on any atom is -0.459 e. The number of aliphatic hydroxyl groups excluding tert-OH is 1. The third-order valence-corrected chi connectivity index (χ3v) is 14.2. The van der Waals surface area contributed by atoms with Crippen LogP contribution >= 0.6 is 46.6 Å². The van der Waals surface area contributed by atoms with Gasteiger partial charge in [-0.05, 0) is 23.6 Å². The Morgan fingerprint density at radius 3 is 1.79 bits per heavy atom. The second-order valence-electron chi connectivity index (χ2n) is 13.1. The van der Waals surface area contributed by atoms with E-state index in [2.05, 4.69) is 6.58 Å². The van der Waals surface area contributed by atoms with Gasteiger partial charge in [0.15, 0.2) is 6.10 Å². The van der Waals surface area contributed by atoms with Crippen molar-refractivity contribution in [2.24, 2.45) is 5.92 Å². The zero-order valence-electron chi connectivity index (χ0n) is 29.7. The molecule has 15 heteroatoms. The first kappa shape index (κ1) is 42.2. The number of ether oxygens (including phenoxy) is 4. The van der Waals surface area contributed by atoms with E-state index in [0.29, 0.717) is 0 Å². The Morgan fingerprint density at radius 2 is 1.40 bits per heavy atom. The number of alkyl halides is 3. The number of likely N-dealkylation sites (tertiary alicyclic amines) is 1. The molecule has 0 aromatic heterocycles. The number of hydrogen-bond acceptors (Lipinski definition) is 10. The molecule has 1 aliphatic rings. The van der Waals surface area contributed by atoms with Crippen molar-refractivity contribution >= 4 is 78.6 Å². The maximum atomic E-state index is 14.3. The van der Waals surface area contributed by atoms with E-state index < -0.39 is 76.4 Å². The highest BCUT2D eigenvalue weighted by molar-refractivity contribution is 8.01. The lowest BCUT2D eigenvalue weighted by Gasteiger charge is -2.53. The molecule has 0 bridgehead atoms. The lowest BCUT2D eigenvalue weighted by molar-refractivity contribution is -0.181. The van der Waals surface area contributed by atoms with Crippen molar-refractivity contribution in [1.29, 1.82) is 0 Å². The van der Waals surface area contributed by atoms with E-state index in [0.717, 1.165) is 16.7 Å². The van der Waals surface area contributed by atoms with E-state index in [-0.39, 0.29) is 13.2 Å². The molecule has 4 rings (SSSR count). The third-order valence-electron chi connectivity index (χ3n) is 8.84. The van der Waals surface area contributed by atoms with Crippen LogP contribution in [0.25, 0.3) is 0 Å². The van der Waals surface area contributed by atoms with Gasteiger partial charge in [-0.3, -0.25) is 9.59 Å². The summed E-state index contributed by atoms with van der Waals surface area (Å²) >= 11 is 20.6. The maximum Gasteiger partial charge on any atom is 0.508 e. The van der Waals surface area contributed by atoms with Gasteiger partial charge in [-0.2, -0.15) is 0 Å². The molecule has 1 saturated heterocycles. The molecule has 0 spiro atoms. The summed E-state index contributed by atoms with van der Waals surface area (Å²) in [6, 6.07) is 28.6. The van der Waals surface area contributed by atoms with Gasteiger partial charge in [-0.1, -0.05) is 158 Å². The topological polar surface area (TPSA) is 129 Å². The van der Waals surface area contributed by atoms with E-state index in [1.54, 1.807) is 26.6 Å². The van der Waals surface area contributed by atoms with Crippen molar-refractivity contribution in [2.45, 2.75) is 51.8 Å². The monoisotopic (exact) mass is 821 g/mol. The van der Waals surface area contributed by atoms with Crippen molar-refractivity contribution in [2.75, 3.05) is 26.4 Å². The molecule has 1 fully saturated rings. The van der Waals surface area contributed by atoms with Crippen LogP contribution in [0.5, 0.6) is 0 Å². The Morgan fingerprint density at radius 1 is 0.906 bits per heavy atom. The number of halogens is 3. The molecule has 0 radical (unpaired) electrons. The lowest BCUT2D eigenvalue weighted by Crippen LogP contribution is -2.69. The van der Waals surface area contributed by atoms with Gasteiger partial charge in [0.05, 0.1) is 23.3 Å². The number of nitrogens with zero attached hydrogens (tertiary/aromatic N) is 1. The highest BCUT2D eigenvalue weighted by Crippen LogP contribution is 2.56. The summed E-state index contributed by atoms with van der Waals surface area (Å²) in [6.45, 7) is 8.60. The van der Waals surface area contributed by atoms with Crippen molar-refractivity contribution in [3.8, 4) is 0 Å². The Hall–Kier alpha value is -3.52. The summed E-state index contributed by atoms with van der Waals surface area (Å²) in [6.07, 6.45) is -1.46. The zero-order chi connectivity index (χ0) is 39.0. The minimum atomic E-state index is -2.88. The Bertz CT molecular complexity index is 1650. The first-order valence-corrected chi connectivity index (χ1v) is 22.2. The van der Waals surface area contributed by atoms with Crippen LogP contribution in [-0.2, 0) is 38.1 Å². The van der Waals surface area contributed by atoms with Gasteiger partial charge < -0.3 is 29.0 Å². The average molecular weight is 823 g/mol. The fourth-order valence-electron chi connectivity index (χ4n) is 6.09. The number of amides is 1. The van der Waals surface area contributed by atoms with Crippen LogP contribution in [0.4, 0.5) is 4.79 Å². The van der Waals surface area contributed by atoms with Crippen molar-refractivity contribution < 1.29 is 43.2 Å². The van der Waals surface area contributed by atoms with Crippen molar-refractivity contribution in [1.82, 2.24) is 4.90 Å². The zero-order valence-corrected chi connectivity index (χ0v) is 33.8. The number of esters is 2. The van der Waals surface area contributed by atoms with Gasteiger partial charge in [0.25, 0.3) is 0 Å². The molecule has 1 N–H and O–H groups in total. The number of carbonyl (C=O) groups excluding carboxylic acids is 4. The van der Waals surface area contributed by atoms with Crippen LogP contribution in [0.2, 0.25) is 19.6 Å². The molecule has 3 aromatic rings. The van der Waals surface area contributed by atoms with E-state index in [4.69, 9.17) is 53.8 Å². The van der Waals surface area contributed by atoms with Crippen LogP contribution < -0.4 is 0 Å². The highest BCUT2D eigenvalue weighted by atomic mass is 35.6. The number of rotatable bonds is 16. The first-order valence-electron chi connectivity index (χ1n) is 16.7. The standard InChI is InChI=1S/C38H42Cl3NO9SSi/c1-6-23-49-34(46)36(25-43,53(3,4)5)51-29(44)24-42-32(45)30(31(38(39,40)41)50-35(47)48-7-2)33(42)52-37(26-17-11-8-12-18-26,27-19-13-9-14-20-27)28-21-15-10-16-22-28/h6,8-22,30-31,33,43H,1,7,23-25H2,2-5H3. The fourth-order valence-corrected chi connectivity index (χ4v) is 10.1. The summed E-state index contributed by atoms with van der Waals surface area (Å²) < 4.78 is 18.3. The summed E-state index contributed by atoms with van der Waals surface area (Å²) in [4.78, 5) is 55.5. The molecule has 1 heterocycles. The van der Waals surface area contributed by atoms with Gasteiger partial charge in [-0.15, -0.1) is 11.8 Å². The predicted molar refractivity (Wildman–Crippen MR) is 208 cm³/mol. The van der Waals surface area contributed by atoms with Crippen LogP contribution in [0.15, 0.2) is 104 Å². The summed E-state index contributed by atoms with van der Waals surface area (Å²) in [5.41, 5.74) is 2.47. The summed E-state index contributed by atoms with van der Waals surface area (Å²) in [5.74, 6) is -3.92. The lowest BCUT2D eigenvalue weighted by atomic mass is 9.84. The van der Waals surface area contributed by atoms with Gasteiger partial charge in [0, 0.05) is 0 Å². The van der Waals surface area contributed by atoms with Crippen LogP contribution in [0.3, 0.4) is 0 Å². The molecule has 1 amide bonds. The quantitative estimate of drug-likeness (QED) is 0.0299. The van der Waals surface area contributed by atoms with E-state index >= 15 is 0 Å². The van der Waals surface area contributed by atoms with Crippen LogP contribution in [-0.4, -0.2) is 88.9 Å². The van der Waals surface area contributed by atoms with Crippen molar-refractivity contribution in [3.05, 3.63) is 120 Å². The van der Waals surface area contributed by atoms with E-state index in [1.165, 1.54) is 22.7 Å². The maximum absolute atomic E-state index is 14.3. The molecular formula is C38H42Cl3NO9SSi. The third kappa shape index (κ3) is 9.07. The molecule has 0 aliphatic carbocycles. The second kappa shape index (κ2) is 17.7. The molecule has 0 saturated carbocycles. The SMILES string of the molecule is C=CCOC(=O)C(CO)(OC(=O)CN1C(=O)C(C(OC(=O)OCC)C(Cl)(Cl)Cl)C1SC(c1ccccc1)(c1ccccc1)c1ccccc1)[Si](C)(C)C. The molecular weight excluding hydrogens is 781 g/mol. The van der Waals surface area contributed by atoms with Crippen LogP contribution in [0, 0.1) is 5.92 Å². The van der Waals surface area contributed by atoms with E-state index in [1.807, 2.05) is 91.0 Å². The number of thioether (sulfide) groups is 1. The molecule has 4 unspecified atom stereocenters. The number of benzene rings is 3. The van der Waals surface area contributed by atoms with Gasteiger partial charge in [0.1, 0.15) is 27.1 Å². The largest absolute Gasteiger partial charge is 0.508 e. The number of carbonyl (C=O) groups is 4. The Kier molecular flexibility index (Phi) is 14.1. The Balaban J connectivity index is 1.89. The molecule has 10 nitrogen and oxygen atoms in total. The van der Waals surface area contributed by atoms with Crippen molar-refractivity contribution in [3.63, 3.8) is 0 Å². The number of β-lactam (4-membered cyclic amide) rings is 1. The molecule has 3 aromatic carbocycles. The summed E-state index contributed by atoms with van der Waals surface area (Å²) in [5, 5.41) is 7.52. The number of hydrogen-bond donors (Lipinski definition) is 1. The van der Waals surface area contributed by atoms with Gasteiger partial charge >= 0.3 is 18.1 Å². The van der Waals surface area contributed by atoms with Crippen LogP contribution in [0.1, 0.15) is 23.6 Å². The fraction of sp³-hybridized carbons (Fsp3) is 0.368. The van der Waals surface area contributed by atoms with Gasteiger partial charge in [0.2, 0.25) is 14.9 Å².